The minimum absolute atomic E-state index is 0.00520. The maximum atomic E-state index is 12.8. The molecule has 4 rings (SSSR count). The SMILES string of the molecule is CCCOc1ccc(-c2nc3sc4c(c3c(=O)[nH]2)CCCCCC4)cc1. The molecule has 1 aliphatic rings. The molecule has 1 N–H and O–H groups in total. The van der Waals surface area contributed by atoms with Crippen LogP contribution in [0.4, 0.5) is 0 Å². The monoisotopic (exact) mass is 368 g/mol. The highest BCUT2D eigenvalue weighted by molar-refractivity contribution is 7.18. The van der Waals surface area contributed by atoms with E-state index in [9.17, 15) is 4.79 Å². The minimum atomic E-state index is -0.00520. The predicted octanol–water partition coefficient (Wildman–Crippen LogP) is 5.10. The topological polar surface area (TPSA) is 55.0 Å². The number of thiophene rings is 1. The van der Waals surface area contributed by atoms with Crippen LogP contribution in [-0.4, -0.2) is 16.6 Å². The van der Waals surface area contributed by atoms with E-state index in [-0.39, 0.29) is 5.56 Å². The molecule has 5 heteroatoms. The Bertz CT molecular complexity index is 957. The van der Waals surface area contributed by atoms with E-state index in [1.807, 2.05) is 24.3 Å². The molecule has 3 aromatic rings. The van der Waals surface area contributed by atoms with E-state index in [1.54, 1.807) is 11.3 Å². The summed E-state index contributed by atoms with van der Waals surface area (Å²) in [6.45, 7) is 2.80. The summed E-state index contributed by atoms with van der Waals surface area (Å²) >= 11 is 1.70. The lowest BCUT2D eigenvalue weighted by Crippen LogP contribution is -2.10. The van der Waals surface area contributed by atoms with Gasteiger partial charge in [-0.05, 0) is 61.9 Å². The number of fused-ring (bicyclic) bond motifs is 3. The summed E-state index contributed by atoms with van der Waals surface area (Å²) in [4.78, 5) is 22.8. The molecule has 4 nitrogen and oxygen atoms in total. The largest absolute Gasteiger partial charge is 0.494 e. The molecule has 1 aliphatic carbocycles. The summed E-state index contributed by atoms with van der Waals surface area (Å²) in [6, 6.07) is 7.78. The molecule has 0 spiro atoms. The van der Waals surface area contributed by atoms with Crippen LogP contribution in [0.25, 0.3) is 21.6 Å². The number of rotatable bonds is 4. The van der Waals surface area contributed by atoms with Crippen molar-refractivity contribution < 1.29 is 4.74 Å². The van der Waals surface area contributed by atoms with Crippen LogP contribution in [0, 0.1) is 0 Å². The Kier molecular flexibility index (Phi) is 5.07. The van der Waals surface area contributed by atoms with E-state index < -0.39 is 0 Å². The molecular formula is C21H24N2O2S. The fraction of sp³-hybridized carbons (Fsp3) is 0.429. The minimum Gasteiger partial charge on any atom is -0.494 e. The number of H-pyrrole nitrogens is 1. The molecule has 0 unspecified atom stereocenters. The molecule has 0 aliphatic heterocycles. The van der Waals surface area contributed by atoms with Crippen LogP contribution in [0.15, 0.2) is 29.1 Å². The van der Waals surface area contributed by atoms with Crippen molar-refractivity contribution in [2.24, 2.45) is 0 Å². The number of ether oxygens (including phenoxy) is 1. The second kappa shape index (κ2) is 7.62. The molecule has 0 saturated carbocycles. The molecule has 26 heavy (non-hydrogen) atoms. The van der Waals surface area contributed by atoms with Gasteiger partial charge in [-0.15, -0.1) is 11.3 Å². The van der Waals surface area contributed by atoms with Crippen LogP contribution < -0.4 is 10.3 Å². The molecule has 136 valence electrons. The number of aromatic nitrogens is 2. The predicted molar refractivity (Wildman–Crippen MR) is 107 cm³/mol. The van der Waals surface area contributed by atoms with E-state index >= 15 is 0 Å². The second-order valence-corrected chi connectivity index (χ2v) is 7.97. The first-order chi connectivity index (χ1) is 12.8. The fourth-order valence-corrected chi connectivity index (χ4v) is 4.85. The number of aromatic amines is 1. The van der Waals surface area contributed by atoms with Gasteiger partial charge in [-0.3, -0.25) is 4.79 Å². The molecule has 0 amide bonds. The summed E-state index contributed by atoms with van der Waals surface area (Å²) in [7, 11) is 0. The number of nitrogens with zero attached hydrogens (tertiary/aromatic N) is 1. The Morgan fingerprint density at radius 2 is 1.88 bits per heavy atom. The van der Waals surface area contributed by atoms with Crippen molar-refractivity contribution in [3.63, 3.8) is 0 Å². The van der Waals surface area contributed by atoms with Gasteiger partial charge in [0.2, 0.25) is 0 Å². The fourth-order valence-electron chi connectivity index (χ4n) is 3.58. The number of aryl methyl sites for hydroxylation is 2. The smallest absolute Gasteiger partial charge is 0.260 e. The Labute approximate surface area is 157 Å². The number of hydrogen-bond acceptors (Lipinski definition) is 4. The zero-order valence-electron chi connectivity index (χ0n) is 15.1. The van der Waals surface area contributed by atoms with Gasteiger partial charge < -0.3 is 9.72 Å². The zero-order valence-corrected chi connectivity index (χ0v) is 16.0. The quantitative estimate of drug-likeness (QED) is 0.697. The Morgan fingerprint density at radius 3 is 2.65 bits per heavy atom. The lowest BCUT2D eigenvalue weighted by molar-refractivity contribution is 0.317. The van der Waals surface area contributed by atoms with Crippen LogP contribution >= 0.6 is 11.3 Å². The van der Waals surface area contributed by atoms with Crippen molar-refractivity contribution in [2.45, 2.75) is 51.9 Å². The van der Waals surface area contributed by atoms with E-state index in [0.29, 0.717) is 12.4 Å². The molecular weight excluding hydrogens is 344 g/mol. The summed E-state index contributed by atoms with van der Waals surface area (Å²) in [5.74, 6) is 1.48. The van der Waals surface area contributed by atoms with Gasteiger partial charge in [0.25, 0.3) is 5.56 Å². The third kappa shape index (κ3) is 3.40. The van der Waals surface area contributed by atoms with Crippen molar-refractivity contribution in [1.82, 2.24) is 9.97 Å². The van der Waals surface area contributed by atoms with Crippen molar-refractivity contribution in [1.29, 1.82) is 0 Å². The molecule has 0 atom stereocenters. The number of hydrogen-bond donors (Lipinski definition) is 1. The van der Waals surface area contributed by atoms with Crippen molar-refractivity contribution in [2.75, 3.05) is 6.61 Å². The normalized spacial score (nSPS) is 14.7. The van der Waals surface area contributed by atoms with E-state index in [0.717, 1.165) is 40.8 Å². The van der Waals surface area contributed by atoms with Gasteiger partial charge in [0.15, 0.2) is 0 Å². The summed E-state index contributed by atoms with van der Waals surface area (Å²) in [6.07, 6.45) is 7.98. The Morgan fingerprint density at radius 1 is 1.12 bits per heavy atom. The van der Waals surface area contributed by atoms with Gasteiger partial charge in [-0.25, -0.2) is 4.98 Å². The Balaban J connectivity index is 1.72. The van der Waals surface area contributed by atoms with Crippen LogP contribution in [0.5, 0.6) is 5.75 Å². The highest BCUT2D eigenvalue weighted by atomic mass is 32.1. The maximum Gasteiger partial charge on any atom is 0.260 e. The highest BCUT2D eigenvalue weighted by Crippen LogP contribution is 2.33. The van der Waals surface area contributed by atoms with Crippen molar-refractivity contribution in [3.05, 3.63) is 45.1 Å². The van der Waals surface area contributed by atoms with Gasteiger partial charge in [-0.2, -0.15) is 0 Å². The molecule has 0 saturated heterocycles. The van der Waals surface area contributed by atoms with Gasteiger partial charge in [0, 0.05) is 10.4 Å². The van der Waals surface area contributed by atoms with Gasteiger partial charge in [0.05, 0.1) is 12.0 Å². The molecule has 1 aromatic carbocycles. The highest BCUT2D eigenvalue weighted by Gasteiger charge is 2.18. The average Bonchev–Trinajstić information content (AvgIpc) is 2.97. The van der Waals surface area contributed by atoms with Crippen LogP contribution in [0.2, 0.25) is 0 Å². The molecule has 0 bridgehead atoms. The molecule has 2 aromatic heterocycles. The summed E-state index contributed by atoms with van der Waals surface area (Å²) < 4.78 is 5.63. The Hall–Kier alpha value is -2.14. The lowest BCUT2D eigenvalue weighted by atomic mass is 9.98. The summed E-state index contributed by atoms with van der Waals surface area (Å²) in [5, 5.41) is 0.818. The third-order valence-electron chi connectivity index (χ3n) is 4.93. The third-order valence-corrected chi connectivity index (χ3v) is 6.11. The van der Waals surface area contributed by atoms with Crippen molar-refractivity contribution >= 4 is 21.6 Å². The van der Waals surface area contributed by atoms with Gasteiger partial charge in [-0.1, -0.05) is 19.8 Å². The number of benzene rings is 1. The standard InChI is InChI=1S/C21H24N2O2S/c1-2-13-25-15-11-9-14(10-12-15)19-22-20(24)18-16-7-5-3-4-6-8-17(16)26-21(18)23-19/h9-12H,2-8,13H2,1H3,(H,22,23,24). The van der Waals surface area contributed by atoms with Crippen molar-refractivity contribution in [3.8, 4) is 17.1 Å². The van der Waals surface area contributed by atoms with Gasteiger partial charge in [0.1, 0.15) is 16.4 Å². The van der Waals surface area contributed by atoms with Crippen LogP contribution in [0.1, 0.15) is 49.5 Å². The summed E-state index contributed by atoms with van der Waals surface area (Å²) in [5.41, 5.74) is 2.15. The van der Waals surface area contributed by atoms with E-state index in [4.69, 9.17) is 9.72 Å². The van der Waals surface area contributed by atoms with Crippen LogP contribution in [0.3, 0.4) is 0 Å². The van der Waals surface area contributed by atoms with Gasteiger partial charge >= 0.3 is 0 Å². The average molecular weight is 369 g/mol. The zero-order chi connectivity index (χ0) is 17.9. The first-order valence-electron chi connectivity index (χ1n) is 9.54. The maximum absolute atomic E-state index is 12.8. The number of nitrogens with one attached hydrogen (secondary N) is 1. The molecule has 2 heterocycles. The molecule has 0 radical (unpaired) electrons. The van der Waals surface area contributed by atoms with Crippen LogP contribution in [-0.2, 0) is 12.8 Å². The first kappa shape index (κ1) is 17.3. The lowest BCUT2D eigenvalue weighted by Gasteiger charge is -2.09. The first-order valence-corrected chi connectivity index (χ1v) is 10.4. The second-order valence-electron chi connectivity index (χ2n) is 6.89. The van der Waals surface area contributed by atoms with E-state index in [2.05, 4.69) is 11.9 Å². The molecule has 0 fully saturated rings. The van der Waals surface area contributed by atoms with E-state index in [1.165, 1.54) is 36.1 Å².